The van der Waals surface area contributed by atoms with Crippen molar-refractivity contribution < 1.29 is 114 Å². The highest BCUT2D eigenvalue weighted by Gasteiger charge is 2.72. The van der Waals surface area contributed by atoms with Crippen LogP contribution in [0.2, 0.25) is 0 Å². The Kier molecular flexibility index (Phi) is 18.3. The lowest BCUT2D eigenvalue weighted by Crippen LogP contribution is -2.68. The van der Waals surface area contributed by atoms with Gasteiger partial charge in [-0.05, 0) is 117 Å². The summed E-state index contributed by atoms with van der Waals surface area (Å²) in [5.41, 5.74) is -2.41. The van der Waals surface area contributed by atoms with Crippen LogP contribution in [0.25, 0.3) is 0 Å². The molecule has 0 bridgehead atoms. The summed E-state index contributed by atoms with van der Waals surface area (Å²) in [5, 5.41) is 162. The summed E-state index contributed by atoms with van der Waals surface area (Å²) >= 11 is 0. The van der Waals surface area contributed by atoms with E-state index < -0.39 is 178 Å². The average molecular weight is 1100 g/mol. The van der Waals surface area contributed by atoms with Gasteiger partial charge in [0.05, 0.1) is 50.3 Å². The third-order valence-electron chi connectivity index (χ3n) is 20.8. The van der Waals surface area contributed by atoms with Crippen molar-refractivity contribution >= 4 is 0 Å². The third-order valence-corrected chi connectivity index (χ3v) is 20.8. The maximum atomic E-state index is 12.8. The Hall–Kier alpha value is -1.18. The Morgan fingerprint density at radius 2 is 1.11 bits per heavy atom. The van der Waals surface area contributed by atoms with Gasteiger partial charge in [-0.1, -0.05) is 46.8 Å². The van der Waals surface area contributed by atoms with Gasteiger partial charge in [-0.25, -0.2) is 0 Å². The normalized spacial score (nSPS) is 52.5. The monoisotopic (exact) mass is 1090 g/mol. The largest absolute Gasteiger partial charge is 0.394 e. The average Bonchev–Trinajstić information content (AvgIpc) is 3.93. The van der Waals surface area contributed by atoms with Crippen LogP contribution >= 0.6 is 0 Å². The molecule has 76 heavy (non-hydrogen) atoms. The van der Waals surface area contributed by atoms with Crippen molar-refractivity contribution in [1.82, 2.24) is 0 Å². The summed E-state index contributed by atoms with van der Waals surface area (Å²) in [5.74, 6) is -0.689. The minimum Gasteiger partial charge on any atom is -0.394 e. The van der Waals surface area contributed by atoms with E-state index in [4.69, 9.17) is 37.9 Å². The Balaban J connectivity index is 1.02. The van der Waals surface area contributed by atoms with Gasteiger partial charge in [0.25, 0.3) is 0 Å². The second kappa shape index (κ2) is 22.9. The first-order chi connectivity index (χ1) is 35.5. The van der Waals surface area contributed by atoms with Gasteiger partial charge in [0, 0.05) is 0 Å². The Bertz CT molecular complexity index is 1970. The highest BCUT2D eigenvalue weighted by Crippen LogP contribution is 2.76. The molecule has 0 aromatic rings. The van der Waals surface area contributed by atoms with Crippen LogP contribution in [0.3, 0.4) is 0 Å². The molecular formula is C53H90O23. The topological polar surface area (TPSA) is 377 Å². The fourth-order valence-electron chi connectivity index (χ4n) is 16.1. The van der Waals surface area contributed by atoms with E-state index in [2.05, 4.69) is 41.2 Å². The predicted molar refractivity (Wildman–Crippen MR) is 262 cm³/mol. The van der Waals surface area contributed by atoms with Crippen molar-refractivity contribution in [1.29, 1.82) is 0 Å². The summed E-state index contributed by atoms with van der Waals surface area (Å²) in [6, 6.07) is 0. The van der Waals surface area contributed by atoms with E-state index in [1.54, 1.807) is 6.92 Å². The van der Waals surface area contributed by atoms with Gasteiger partial charge in [0.15, 0.2) is 25.2 Å². The van der Waals surface area contributed by atoms with Gasteiger partial charge >= 0.3 is 0 Å². The van der Waals surface area contributed by atoms with Gasteiger partial charge in [-0.2, -0.15) is 0 Å². The maximum Gasteiger partial charge on any atom is 0.187 e. The summed E-state index contributed by atoms with van der Waals surface area (Å²) in [7, 11) is 0. The molecule has 4 heterocycles. The summed E-state index contributed by atoms with van der Waals surface area (Å²) in [6.07, 6.45) is -26.8. The molecule has 30 unspecified atom stereocenters. The van der Waals surface area contributed by atoms with Crippen LogP contribution in [-0.4, -0.2) is 244 Å². The molecule has 4 saturated heterocycles. The first kappa shape index (κ1) is 60.9. The Labute approximate surface area is 444 Å². The Morgan fingerprint density at radius 1 is 0.592 bits per heavy atom. The van der Waals surface area contributed by atoms with Crippen molar-refractivity contribution in [3.05, 3.63) is 12.2 Å². The standard InChI is InChI=1S/C53H90O23/c1-22(2)24(57)10-16-53(8,76-47-43(68)39(64)37(62)29(73-47)21-69-45-41(66)36(61)28(20-56)70-45)23-9-14-52(7)33(23)25(58)17-31-50(5)13-12-32(49(3,4)30(50)11-15-51(31,52)6)74-48-44(40(65)35(60)27(19-55)72-48)75-46-42(67)38(63)34(59)26(18-54)71-46/h23-48,54-68H,1,9-21H2,2-8H3. The fraction of sp³-hybridized carbons (Fsp3) is 0.962. The van der Waals surface area contributed by atoms with Crippen LogP contribution in [-0.2, 0) is 37.9 Å². The van der Waals surface area contributed by atoms with Crippen molar-refractivity contribution in [2.45, 2.75) is 247 Å². The molecule has 0 aromatic carbocycles. The van der Waals surface area contributed by atoms with Crippen molar-refractivity contribution in [2.24, 2.45) is 45.3 Å². The number of hydrogen-bond acceptors (Lipinski definition) is 23. The van der Waals surface area contributed by atoms with Gasteiger partial charge in [-0.15, -0.1) is 0 Å². The van der Waals surface area contributed by atoms with Gasteiger partial charge in [-0.3, -0.25) is 0 Å². The maximum absolute atomic E-state index is 12.8. The molecule has 440 valence electrons. The lowest BCUT2D eigenvalue weighted by atomic mass is 9.35. The van der Waals surface area contributed by atoms with Gasteiger partial charge < -0.3 is 114 Å². The van der Waals surface area contributed by atoms with E-state index in [-0.39, 0.29) is 47.3 Å². The van der Waals surface area contributed by atoms with Crippen molar-refractivity contribution in [2.75, 3.05) is 26.4 Å². The molecule has 4 aliphatic carbocycles. The van der Waals surface area contributed by atoms with Crippen LogP contribution in [0.4, 0.5) is 0 Å². The highest BCUT2D eigenvalue weighted by molar-refractivity contribution is 5.20. The number of aliphatic hydroxyl groups is 15. The van der Waals surface area contributed by atoms with E-state index in [1.165, 1.54) is 0 Å². The minimum absolute atomic E-state index is 0.00681. The SMILES string of the molecule is C=C(C)C(O)CCC(C)(OC1OC(COC2OC(CO)C(O)C2O)C(O)C(O)C1O)C1CCC2(C)C1C(O)CC1C3(C)CCC(OC4OC(CO)C(O)C(O)C4OC4OC(CO)C(O)C(O)C4O)C(C)(C)C3CCC12C. The quantitative estimate of drug-likeness (QED) is 0.0525. The summed E-state index contributed by atoms with van der Waals surface area (Å²) in [6.45, 7) is 16.2. The van der Waals surface area contributed by atoms with E-state index in [0.717, 1.165) is 12.8 Å². The van der Waals surface area contributed by atoms with E-state index in [1.807, 2.05) is 6.92 Å². The molecular weight excluding hydrogens is 1000 g/mol. The lowest BCUT2D eigenvalue weighted by Gasteiger charge is -2.71. The predicted octanol–water partition coefficient (Wildman–Crippen LogP) is -2.59. The number of rotatable bonds is 17. The highest BCUT2D eigenvalue weighted by atomic mass is 16.8. The molecule has 30 atom stereocenters. The first-order valence-corrected chi connectivity index (χ1v) is 27.4. The molecule has 8 rings (SSSR count). The lowest BCUT2D eigenvalue weighted by molar-refractivity contribution is -0.378. The molecule has 8 fully saturated rings. The van der Waals surface area contributed by atoms with Crippen molar-refractivity contribution in [3.63, 3.8) is 0 Å². The molecule has 4 aliphatic heterocycles. The molecule has 23 heteroatoms. The second-order valence-electron chi connectivity index (χ2n) is 25.3. The number of fused-ring (bicyclic) bond motifs is 5. The first-order valence-electron chi connectivity index (χ1n) is 27.4. The molecule has 4 saturated carbocycles. The zero-order chi connectivity index (χ0) is 55.9. The van der Waals surface area contributed by atoms with E-state index in [0.29, 0.717) is 37.7 Å². The molecule has 0 amide bonds. The number of hydrogen-bond donors (Lipinski definition) is 15. The van der Waals surface area contributed by atoms with Gasteiger partial charge in [0.1, 0.15) is 91.6 Å². The smallest absolute Gasteiger partial charge is 0.187 e. The molecule has 0 radical (unpaired) electrons. The molecule has 23 nitrogen and oxygen atoms in total. The fourth-order valence-corrected chi connectivity index (χ4v) is 16.1. The summed E-state index contributed by atoms with van der Waals surface area (Å²) < 4.78 is 48.7. The van der Waals surface area contributed by atoms with Crippen LogP contribution in [0.1, 0.15) is 106 Å². The van der Waals surface area contributed by atoms with Crippen LogP contribution in [0, 0.1) is 45.3 Å². The Morgan fingerprint density at radius 3 is 1.71 bits per heavy atom. The van der Waals surface area contributed by atoms with Crippen molar-refractivity contribution in [3.8, 4) is 0 Å². The minimum atomic E-state index is -1.82. The number of aliphatic hydroxyl groups excluding tert-OH is 15. The van der Waals surface area contributed by atoms with E-state index in [9.17, 15) is 76.6 Å². The summed E-state index contributed by atoms with van der Waals surface area (Å²) in [4.78, 5) is 0. The molecule has 0 spiro atoms. The van der Waals surface area contributed by atoms with Crippen LogP contribution < -0.4 is 0 Å². The zero-order valence-electron chi connectivity index (χ0n) is 44.9. The zero-order valence-corrected chi connectivity index (χ0v) is 44.9. The van der Waals surface area contributed by atoms with Crippen LogP contribution in [0.15, 0.2) is 12.2 Å². The van der Waals surface area contributed by atoms with Crippen LogP contribution in [0.5, 0.6) is 0 Å². The second-order valence-corrected chi connectivity index (χ2v) is 25.3. The molecule has 8 aliphatic rings. The number of ether oxygens (including phenoxy) is 8. The molecule has 15 N–H and O–H groups in total. The van der Waals surface area contributed by atoms with E-state index >= 15 is 0 Å². The van der Waals surface area contributed by atoms with Gasteiger partial charge in [0.2, 0.25) is 0 Å². The molecule has 0 aromatic heterocycles. The third kappa shape index (κ3) is 10.4.